The highest BCUT2D eigenvalue weighted by atomic mass is 32.1. The lowest BCUT2D eigenvalue weighted by Crippen LogP contribution is -2.43. The van der Waals surface area contributed by atoms with Crippen molar-refractivity contribution in [2.75, 3.05) is 32.8 Å². The fraction of sp³-hybridized carbons (Fsp3) is 0.500. The van der Waals surface area contributed by atoms with Gasteiger partial charge in [0.05, 0.1) is 18.7 Å². The molecule has 0 spiro atoms. The molecule has 2 fully saturated rings. The molecule has 4 heterocycles. The van der Waals surface area contributed by atoms with E-state index in [4.69, 9.17) is 4.74 Å². The molecule has 2 aliphatic rings. The second-order valence-electron chi connectivity index (χ2n) is 6.38. The average Bonchev–Trinajstić information content (AvgIpc) is 3.29. The maximum absolute atomic E-state index is 12.2. The number of likely N-dealkylation sites (tertiary alicyclic amines) is 1. The van der Waals surface area contributed by atoms with Crippen LogP contribution in [0.3, 0.4) is 0 Å². The van der Waals surface area contributed by atoms with Crippen molar-refractivity contribution in [1.82, 2.24) is 15.2 Å². The summed E-state index contributed by atoms with van der Waals surface area (Å²) in [5, 5.41) is 6.98. The molecular weight excluding hydrogens is 330 g/mol. The highest BCUT2D eigenvalue weighted by Crippen LogP contribution is 2.41. The number of ether oxygens (including phenoxy) is 1. The van der Waals surface area contributed by atoms with Crippen molar-refractivity contribution >= 4 is 28.6 Å². The van der Waals surface area contributed by atoms with E-state index in [9.17, 15) is 4.79 Å². The fourth-order valence-corrected chi connectivity index (χ4v) is 4.89. The molecular formula is C16H19N3O2S2. The first-order valence-electron chi connectivity index (χ1n) is 7.74. The number of thiophene rings is 1. The Kier molecular flexibility index (Phi) is 4.19. The molecule has 2 aromatic rings. The number of nitrogens with zero attached hydrogens (tertiary/aromatic N) is 2. The molecule has 1 N–H and O–H groups in total. The van der Waals surface area contributed by atoms with E-state index < -0.39 is 0 Å². The van der Waals surface area contributed by atoms with E-state index in [2.05, 4.69) is 32.7 Å². The van der Waals surface area contributed by atoms with Crippen molar-refractivity contribution in [2.45, 2.75) is 6.54 Å². The lowest BCUT2D eigenvalue weighted by Gasteiger charge is -2.27. The summed E-state index contributed by atoms with van der Waals surface area (Å²) >= 11 is 3.25. The molecule has 7 heteroatoms. The molecule has 23 heavy (non-hydrogen) atoms. The first-order chi connectivity index (χ1) is 11.3. The predicted octanol–water partition coefficient (Wildman–Crippen LogP) is 2.08. The summed E-state index contributed by atoms with van der Waals surface area (Å²) < 4.78 is 5.73. The number of aromatic nitrogens is 1. The van der Waals surface area contributed by atoms with Crippen molar-refractivity contribution < 1.29 is 9.53 Å². The van der Waals surface area contributed by atoms with Gasteiger partial charge in [-0.3, -0.25) is 9.69 Å². The minimum absolute atomic E-state index is 0.0446. The molecule has 0 radical (unpaired) electrons. The fourth-order valence-electron chi connectivity index (χ4n) is 3.61. The van der Waals surface area contributed by atoms with Crippen molar-refractivity contribution in [1.29, 1.82) is 0 Å². The van der Waals surface area contributed by atoms with Gasteiger partial charge in [0, 0.05) is 47.8 Å². The van der Waals surface area contributed by atoms with Crippen LogP contribution in [0.15, 0.2) is 28.4 Å². The molecule has 0 aromatic carbocycles. The number of hydrogen-bond acceptors (Lipinski definition) is 6. The van der Waals surface area contributed by atoms with E-state index in [-0.39, 0.29) is 11.3 Å². The van der Waals surface area contributed by atoms with E-state index >= 15 is 0 Å². The zero-order valence-electron chi connectivity index (χ0n) is 12.7. The Morgan fingerprint density at radius 1 is 1.57 bits per heavy atom. The number of carbonyl (C=O) groups is 1. The summed E-state index contributed by atoms with van der Waals surface area (Å²) in [5.41, 5.74) is 2.24. The number of carbonyl (C=O) groups excluding carboxylic acids is 1. The van der Waals surface area contributed by atoms with E-state index in [0.717, 1.165) is 32.8 Å². The number of nitrogens with one attached hydrogen (secondary N) is 1. The van der Waals surface area contributed by atoms with Gasteiger partial charge in [0.1, 0.15) is 5.69 Å². The van der Waals surface area contributed by atoms with E-state index in [1.54, 1.807) is 22.2 Å². The smallest absolute Gasteiger partial charge is 0.270 e. The number of thiazole rings is 1. The van der Waals surface area contributed by atoms with Gasteiger partial charge in [0.15, 0.2) is 0 Å². The van der Waals surface area contributed by atoms with Crippen LogP contribution in [0, 0.1) is 11.3 Å². The second kappa shape index (κ2) is 6.32. The molecule has 0 bridgehead atoms. The topological polar surface area (TPSA) is 54.5 Å². The van der Waals surface area contributed by atoms with Crippen LogP contribution in [0.25, 0.3) is 0 Å². The Morgan fingerprint density at radius 3 is 3.30 bits per heavy atom. The van der Waals surface area contributed by atoms with Gasteiger partial charge in [-0.1, -0.05) is 6.07 Å². The summed E-state index contributed by atoms with van der Waals surface area (Å²) in [7, 11) is 0. The standard InChI is InChI=1S/C16H19N3O2S2/c20-15(14-7-22-11-18-14)17-8-16-9-19(4-12(16)6-21-10-16)5-13-2-1-3-23-13/h1-3,7,11-12H,4-6,8-10H2,(H,17,20)/t12-,16+/m1/s1. The van der Waals surface area contributed by atoms with Gasteiger partial charge in [-0.15, -0.1) is 22.7 Å². The van der Waals surface area contributed by atoms with Crippen LogP contribution in [0.4, 0.5) is 0 Å². The summed E-state index contributed by atoms with van der Waals surface area (Å²) in [6.45, 7) is 5.21. The number of rotatable bonds is 5. The summed E-state index contributed by atoms with van der Waals surface area (Å²) in [6.07, 6.45) is 0. The van der Waals surface area contributed by atoms with Gasteiger partial charge in [-0.25, -0.2) is 4.98 Å². The zero-order valence-corrected chi connectivity index (χ0v) is 14.4. The third-order valence-corrected chi connectivity index (χ3v) is 6.26. The number of fused-ring (bicyclic) bond motifs is 1. The van der Waals surface area contributed by atoms with Crippen LogP contribution in [-0.2, 0) is 11.3 Å². The Labute approximate surface area is 143 Å². The third kappa shape index (κ3) is 3.06. The van der Waals surface area contributed by atoms with Gasteiger partial charge in [-0.05, 0) is 11.4 Å². The number of amides is 1. The molecule has 1 amide bonds. The Balaban J connectivity index is 1.40. The summed E-state index contributed by atoms with van der Waals surface area (Å²) in [5.74, 6) is 0.418. The number of hydrogen-bond donors (Lipinski definition) is 1. The van der Waals surface area contributed by atoms with Crippen LogP contribution in [0.1, 0.15) is 15.4 Å². The predicted molar refractivity (Wildman–Crippen MR) is 90.8 cm³/mol. The Bertz CT molecular complexity index is 659. The lowest BCUT2D eigenvalue weighted by molar-refractivity contribution is 0.0900. The molecule has 2 aliphatic heterocycles. The molecule has 5 nitrogen and oxygen atoms in total. The minimum Gasteiger partial charge on any atom is -0.380 e. The Morgan fingerprint density at radius 2 is 2.52 bits per heavy atom. The summed E-state index contributed by atoms with van der Waals surface area (Å²) in [6, 6.07) is 4.29. The molecule has 2 aromatic heterocycles. The highest BCUT2D eigenvalue weighted by molar-refractivity contribution is 7.09. The van der Waals surface area contributed by atoms with E-state index in [1.165, 1.54) is 16.2 Å². The van der Waals surface area contributed by atoms with Crippen molar-refractivity contribution in [3.63, 3.8) is 0 Å². The normalized spacial score (nSPS) is 27.2. The van der Waals surface area contributed by atoms with Crippen LogP contribution < -0.4 is 5.32 Å². The van der Waals surface area contributed by atoms with Crippen molar-refractivity contribution in [3.8, 4) is 0 Å². The molecule has 122 valence electrons. The van der Waals surface area contributed by atoms with Gasteiger partial charge < -0.3 is 10.1 Å². The summed E-state index contributed by atoms with van der Waals surface area (Å²) in [4.78, 5) is 20.1. The van der Waals surface area contributed by atoms with Gasteiger partial charge >= 0.3 is 0 Å². The highest BCUT2D eigenvalue weighted by Gasteiger charge is 2.50. The maximum atomic E-state index is 12.2. The average molecular weight is 349 g/mol. The third-order valence-electron chi connectivity index (χ3n) is 4.82. The largest absolute Gasteiger partial charge is 0.380 e. The van der Waals surface area contributed by atoms with Gasteiger partial charge in [0.2, 0.25) is 0 Å². The molecule has 2 atom stereocenters. The maximum Gasteiger partial charge on any atom is 0.270 e. The van der Waals surface area contributed by atoms with Crippen molar-refractivity contribution in [2.24, 2.45) is 11.3 Å². The molecule has 2 saturated heterocycles. The van der Waals surface area contributed by atoms with Gasteiger partial charge in [-0.2, -0.15) is 0 Å². The Hall–Kier alpha value is -1.28. The quantitative estimate of drug-likeness (QED) is 0.898. The van der Waals surface area contributed by atoms with Crippen molar-refractivity contribution in [3.05, 3.63) is 39.0 Å². The van der Waals surface area contributed by atoms with Crippen LogP contribution in [0.5, 0.6) is 0 Å². The minimum atomic E-state index is -0.0806. The van der Waals surface area contributed by atoms with Crippen LogP contribution in [0.2, 0.25) is 0 Å². The zero-order chi connectivity index (χ0) is 15.7. The monoisotopic (exact) mass is 349 g/mol. The van der Waals surface area contributed by atoms with Gasteiger partial charge in [0.25, 0.3) is 5.91 Å². The van der Waals surface area contributed by atoms with Crippen LogP contribution in [-0.4, -0.2) is 48.6 Å². The second-order valence-corrected chi connectivity index (χ2v) is 8.13. The molecule has 0 unspecified atom stereocenters. The molecule has 4 rings (SSSR count). The van der Waals surface area contributed by atoms with E-state index in [1.807, 2.05) is 0 Å². The molecule has 0 saturated carbocycles. The van der Waals surface area contributed by atoms with E-state index in [0.29, 0.717) is 18.2 Å². The first-order valence-corrected chi connectivity index (χ1v) is 9.56. The lowest BCUT2D eigenvalue weighted by atomic mass is 9.81. The van der Waals surface area contributed by atoms with Crippen LogP contribution >= 0.6 is 22.7 Å². The molecule has 0 aliphatic carbocycles. The first kappa shape index (κ1) is 15.3. The SMILES string of the molecule is O=C(NC[C@]12COC[C@H]1CN(Cc1cccs1)C2)c1cscn1.